The van der Waals surface area contributed by atoms with Gasteiger partial charge in [0.2, 0.25) is 5.91 Å². The highest BCUT2D eigenvalue weighted by atomic mass is 32.1. The van der Waals surface area contributed by atoms with Crippen molar-refractivity contribution >= 4 is 34.8 Å². The zero-order chi connectivity index (χ0) is 16.1. The van der Waals surface area contributed by atoms with Crippen molar-refractivity contribution < 1.29 is 9.53 Å². The molecule has 0 spiro atoms. The van der Waals surface area contributed by atoms with E-state index in [-0.39, 0.29) is 5.91 Å². The van der Waals surface area contributed by atoms with Crippen molar-refractivity contribution in [2.24, 2.45) is 0 Å². The van der Waals surface area contributed by atoms with Gasteiger partial charge in [-0.25, -0.2) is 9.97 Å². The molecule has 1 aliphatic rings. The van der Waals surface area contributed by atoms with Gasteiger partial charge in [0.1, 0.15) is 5.82 Å². The molecule has 2 aromatic heterocycles. The number of amides is 1. The van der Waals surface area contributed by atoms with E-state index in [0.717, 1.165) is 42.7 Å². The number of nitrogens with one attached hydrogen (secondary N) is 1. The minimum absolute atomic E-state index is 0.220. The second-order valence-corrected chi connectivity index (χ2v) is 6.18. The molecule has 23 heavy (non-hydrogen) atoms. The van der Waals surface area contributed by atoms with Crippen LogP contribution in [0.3, 0.4) is 0 Å². The predicted molar refractivity (Wildman–Crippen MR) is 91.8 cm³/mol. The maximum absolute atomic E-state index is 11.9. The Labute approximate surface area is 138 Å². The highest BCUT2D eigenvalue weighted by Gasteiger charge is 2.11. The first-order valence-corrected chi connectivity index (χ1v) is 8.28. The van der Waals surface area contributed by atoms with Gasteiger partial charge in [-0.3, -0.25) is 4.79 Å². The third-order valence-corrected chi connectivity index (χ3v) is 4.21. The molecule has 1 saturated heterocycles. The number of carbonyl (C=O) groups excluding carboxylic acids is 1. The van der Waals surface area contributed by atoms with E-state index in [1.54, 1.807) is 23.6 Å². The molecular formula is C16H18N4O2S. The van der Waals surface area contributed by atoms with Gasteiger partial charge in [0.05, 0.1) is 35.8 Å². The zero-order valence-corrected chi connectivity index (χ0v) is 13.7. The molecule has 6 nitrogen and oxygen atoms in total. The molecule has 0 atom stereocenters. The molecule has 120 valence electrons. The van der Waals surface area contributed by atoms with Crippen molar-refractivity contribution in [3.05, 3.63) is 40.5 Å². The molecule has 0 aliphatic carbocycles. The summed E-state index contributed by atoms with van der Waals surface area (Å²) >= 11 is 1.56. The van der Waals surface area contributed by atoms with Crippen molar-refractivity contribution in [2.75, 3.05) is 36.5 Å². The van der Waals surface area contributed by atoms with Gasteiger partial charge in [0.15, 0.2) is 0 Å². The standard InChI is InChI=1S/C16H18N4O2S/c1-12-18-13(11-23-12)2-5-16(21)19-15-4-3-14(10-17-15)20-6-8-22-9-7-20/h2-5,10-11H,6-9H2,1H3,(H,17,19,21)/b5-2+. The molecule has 3 rings (SSSR count). The van der Waals surface area contributed by atoms with Crippen LogP contribution in [-0.4, -0.2) is 42.2 Å². The topological polar surface area (TPSA) is 67.4 Å². The Morgan fingerprint density at radius 1 is 1.39 bits per heavy atom. The second-order valence-electron chi connectivity index (χ2n) is 5.12. The Morgan fingerprint density at radius 3 is 2.87 bits per heavy atom. The summed E-state index contributed by atoms with van der Waals surface area (Å²) in [6, 6.07) is 3.77. The fourth-order valence-electron chi connectivity index (χ4n) is 2.25. The fourth-order valence-corrected chi connectivity index (χ4v) is 2.83. The van der Waals surface area contributed by atoms with Crippen LogP contribution >= 0.6 is 11.3 Å². The molecule has 2 aromatic rings. The number of carbonyl (C=O) groups is 1. The van der Waals surface area contributed by atoms with E-state index < -0.39 is 0 Å². The number of aromatic nitrogens is 2. The minimum Gasteiger partial charge on any atom is -0.378 e. The van der Waals surface area contributed by atoms with E-state index in [1.165, 1.54) is 6.08 Å². The third kappa shape index (κ3) is 4.37. The number of ether oxygens (including phenoxy) is 1. The number of aryl methyl sites for hydroxylation is 1. The smallest absolute Gasteiger partial charge is 0.249 e. The molecule has 1 N–H and O–H groups in total. The number of nitrogens with zero attached hydrogens (tertiary/aromatic N) is 3. The summed E-state index contributed by atoms with van der Waals surface area (Å²) < 4.78 is 5.33. The van der Waals surface area contributed by atoms with Gasteiger partial charge in [-0.1, -0.05) is 0 Å². The van der Waals surface area contributed by atoms with E-state index in [9.17, 15) is 4.79 Å². The van der Waals surface area contributed by atoms with E-state index in [2.05, 4.69) is 20.2 Å². The van der Waals surface area contributed by atoms with Crippen LogP contribution in [0.25, 0.3) is 6.08 Å². The van der Waals surface area contributed by atoms with Crippen LogP contribution in [0.15, 0.2) is 29.8 Å². The normalized spacial score (nSPS) is 15.1. The highest BCUT2D eigenvalue weighted by molar-refractivity contribution is 7.09. The van der Waals surface area contributed by atoms with Crippen LogP contribution in [0.5, 0.6) is 0 Å². The molecule has 0 radical (unpaired) electrons. The monoisotopic (exact) mass is 330 g/mol. The summed E-state index contributed by atoms with van der Waals surface area (Å²) in [5.74, 6) is 0.313. The molecule has 7 heteroatoms. The van der Waals surface area contributed by atoms with Gasteiger partial charge in [-0.05, 0) is 25.1 Å². The Balaban J connectivity index is 1.57. The molecule has 1 amide bonds. The summed E-state index contributed by atoms with van der Waals surface area (Å²) in [6.45, 7) is 5.13. The number of hydrogen-bond donors (Lipinski definition) is 1. The fraction of sp³-hybridized carbons (Fsp3) is 0.312. The molecule has 0 aromatic carbocycles. The number of morpholine rings is 1. The van der Waals surface area contributed by atoms with Gasteiger partial charge in [0, 0.05) is 24.5 Å². The van der Waals surface area contributed by atoms with Crippen LogP contribution in [0, 0.1) is 6.92 Å². The highest BCUT2D eigenvalue weighted by Crippen LogP contribution is 2.16. The maximum Gasteiger partial charge on any atom is 0.249 e. The van der Waals surface area contributed by atoms with Crippen LogP contribution in [-0.2, 0) is 9.53 Å². The Bertz CT molecular complexity index is 690. The van der Waals surface area contributed by atoms with Crippen LogP contribution in [0.4, 0.5) is 11.5 Å². The predicted octanol–water partition coefficient (Wildman–Crippen LogP) is 2.34. The maximum atomic E-state index is 11.9. The van der Waals surface area contributed by atoms with Gasteiger partial charge in [-0.15, -0.1) is 11.3 Å². The van der Waals surface area contributed by atoms with Crippen molar-refractivity contribution in [3.63, 3.8) is 0 Å². The third-order valence-electron chi connectivity index (χ3n) is 3.42. The average Bonchev–Trinajstić information content (AvgIpc) is 3.00. The summed E-state index contributed by atoms with van der Waals surface area (Å²) in [4.78, 5) is 22.7. The SMILES string of the molecule is Cc1nc(/C=C/C(=O)Nc2ccc(N3CCOCC3)cn2)cs1. The number of rotatable bonds is 4. The molecule has 3 heterocycles. The van der Waals surface area contributed by atoms with E-state index in [4.69, 9.17) is 4.74 Å². The first kappa shape index (κ1) is 15.6. The van der Waals surface area contributed by atoms with E-state index in [1.807, 2.05) is 24.4 Å². The quantitative estimate of drug-likeness (QED) is 0.872. The lowest BCUT2D eigenvalue weighted by Gasteiger charge is -2.28. The number of hydrogen-bond acceptors (Lipinski definition) is 6. The van der Waals surface area contributed by atoms with Crippen LogP contribution in [0.2, 0.25) is 0 Å². The number of thiazole rings is 1. The lowest BCUT2D eigenvalue weighted by Crippen LogP contribution is -2.36. The van der Waals surface area contributed by atoms with E-state index in [0.29, 0.717) is 5.82 Å². The lowest BCUT2D eigenvalue weighted by molar-refractivity contribution is -0.111. The number of anilines is 2. The first-order chi connectivity index (χ1) is 11.2. The largest absolute Gasteiger partial charge is 0.378 e. The van der Waals surface area contributed by atoms with Crippen LogP contribution in [0.1, 0.15) is 10.7 Å². The Morgan fingerprint density at radius 2 is 2.22 bits per heavy atom. The van der Waals surface area contributed by atoms with Crippen LogP contribution < -0.4 is 10.2 Å². The summed E-state index contributed by atoms with van der Waals surface area (Å²) in [7, 11) is 0. The summed E-state index contributed by atoms with van der Waals surface area (Å²) in [5.41, 5.74) is 1.83. The Hall–Kier alpha value is -2.25. The van der Waals surface area contributed by atoms with Gasteiger partial charge in [0.25, 0.3) is 0 Å². The molecule has 1 aliphatic heterocycles. The summed E-state index contributed by atoms with van der Waals surface area (Å²) in [5, 5.41) is 5.63. The minimum atomic E-state index is -0.220. The molecule has 0 bridgehead atoms. The van der Waals surface area contributed by atoms with E-state index >= 15 is 0 Å². The molecule has 0 unspecified atom stereocenters. The van der Waals surface area contributed by atoms with Gasteiger partial charge >= 0.3 is 0 Å². The van der Waals surface area contributed by atoms with Gasteiger partial charge in [-0.2, -0.15) is 0 Å². The molecule has 1 fully saturated rings. The lowest BCUT2D eigenvalue weighted by atomic mass is 10.3. The van der Waals surface area contributed by atoms with Crippen molar-refractivity contribution in [3.8, 4) is 0 Å². The molecular weight excluding hydrogens is 312 g/mol. The van der Waals surface area contributed by atoms with Gasteiger partial charge < -0.3 is 15.0 Å². The second kappa shape index (κ2) is 7.34. The Kier molecular flexibility index (Phi) is 4.99. The van der Waals surface area contributed by atoms with Crippen molar-refractivity contribution in [2.45, 2.75) is 6.92 Å². The number of pyridine rings is 1. The average molecular weight is 330 g/mol. The van der Waals surface area contributed by atoms with Crippen molar-refractivity contribution in [1.29, 1.82) is 0 Å². The first-order valence-electron chi connectivity index (χ1n) is 7.41. The molecule has 0 saturated carbocycles. The van der Waals surface area contributed by atoms with Crippen molar-refractivity contribution in [1.82, 2.24) is 9.97 Å². The summed E-state index contributed by atoms with van der Waals surface area (Å²) in [6.07, 6.45) is 4.93. The zero-order valence-electron chi connectivity index (χ0n) is 12.9.